The molecule has 5 nitrogen and oxygen atoms in total. The highest BCUT2D eigenvalue weighted by molar-refractivity contribution is 5.28. The molecule has 2 heterocycles. The van der Waals surface area contributed by atoms with E-state index in [9.17, 15) is 18.3 Å². The lowest BCUT2D eigenvalue weighted by atomic mass is 9.73. The van der Waals surface area contributed by atoms with Crippen LogP contribution in [0.1, 0.15) is 31.9 Å². The fourth-order valence-electron chi connectivity index (χ4n) is 3.24. The SMILES string of the molecule is C[C@@H]1[C@H](O)[C@@H](Nc2nccc(C(F)(F)F)n2)CO[C@@H]1C1CCC1. The van der Waals surface area contributed by atoms with Crippen molar-refractivity contribution in [2.75, 3.05) is 11.9 Å². The fraction of sp³-hybridized carbons (Fsp3) is 0.733. The summed E-state index contributed by atoms with van der Waals surface area (Å²) in [4.78, 5) is 7.26. The van der Waals surface area contributed by atoms with Gasteiger partial charge in [0.05, 0.1) is 24.9 Å². The number of nitrogens with one attached hydrogen (secondary N) is 1. The van der Waals surface area contributed by atoms with Gasteiger partial charge >= 0.3 is 6.18 Å². The van der Waals surface area contributed by atoms with Gasteiger partial charge in [-0.2, -0.15) is 13.2 Å². The first kappa shape index (κ1) is 16.4. The van der Waals surface area contributed by atoms with Crippen LogP contribution in [0, 0.1) is 11.8 Å². The summed E-state index contributed by atoms with van der Waals surface area (Å²) < 4.78 is 43.9. The van der Waals surface area contributed by atoms with Crippen molar-refractivity contribution in [2.45, 2.75) is 50.6 Å². The number of halogens is 3. The molecule has 1 saturated heterocycles. The van der Waals surface area contributed by atoms with Crippen LogP contribution in [0.15, 0.2) is 12.3 Å². The topological polar surface area (TPSA) is 67.3 Å². The minimum atomic E-state index is -4.52. The first-order chi connectivity index (χ1) is 10.9. The van der Waals surface area contributed by atoms with Crippen LogP contribution >= 0.6 is 0 Å². The Bertz CT molecular complexity index is 551. The number of aliphatic hydroxyl groups is 1. The molecule has 1 aromatic heterocycles. The van der Waals surface area contributed by atoms with E-state index in [1.54, 1.807) is 0 Å². The monoisotopic (exact) mass is 331 g/mol. The van der Waals surface area contributed by atoms with Crippen LogP contribution in [0.4, 0.5) is 19.1 Å². The highest BCUT2D eigenvalue weighted by Crippen LogP contribution is 2.38. The van der Waals surface area contributed by atoms with Gasteiger partial charge < -0.3 is 15.2 Å². The van der Waals surface area contributed by atoms with Crippen LogP contribution in [0.3, 0.4) is 0 Å². The summed E-state index contributed by atoms with van der Waals surface area (Å²) in [7, 11) is 0. The second-order valence-corrected chi connectivity index (χ2v) is 6.35. The summed E-state index contributed by atoms with van der Waals surface area (Å²) >= 11 is 0. The highest BCUT2D eigenvalue weighted by Gasteiger charge is 2.42. The Morgan fingerprint density at radius 3 is 2.70 bits per heavy atom. The Hall–Kier alpha value is -1.41. The quantitative estimate of drug-likeness (QED) is 0.891. The molecule has 3 rings (SSSR count). The van der Waals surface area contributed by atoms with Crippen LogP contribution in [0.5, 0.6) is 0 Å². The maximum Gasteiger partial charge on any atom is 0.433 e. The van der Waals surface area contributed by atoms with Crippen LogP contribution in [-0.4, -0.2) is 39.9 Å². The molecule has 2 aliphatic rings. The highest BCUT2D eigenvalue weighted by atomic mass is 19.4. The van der Waals surface area contributed by atoms with E-state index in [1.807, 2.05) is 6.92 Å². The van der Waals surface area contributed by atoms with Gasteiger partial charge in [0.2, 0.25) is 5.95 Å². The Balaban J connectivity index is 1.66. The van der Waals surface area contributed by atoms with Crippen LogP contribution in [0.25, 0.3) is 0 Å². The number of anilines is 1. The zero-order valence-corrected chi connectivity index (χ0v) is 12.8. The third kappa shape index (κ3) is 3.42. The van der Waals surface area contributed by atoms with Crippen molar-refractivity contribution in [3.05, 3.63) is 18.0 Å². The molecule has 128 valence electrons. The summed E-state index contributed by atoms with van der Waals surface area (Å²) in [6.07, 6.45) is -0.773. The molecular weight excluding hydrogens is 311 g/mol. The molecule has 1 aromatic rings. The predicted molar refractivity (Wildman–Crippen MR) is 76.7 cm³/mol. The van der Waals surface area contributed by atoms with E-state index in [0.717, 1.165) is 25.1 Å². The first-order valence-electron chi connectivity index (χ1n) is 7.82. The van der Waals surface area contributed by atoms with Gasteiger partial charge in [-0.15, -0.1) is 0 Å². The molecule has 2 fully saturated rings. The lowest BCUT2D eigenvalue weighted by Crippen LogP contribution is -2.54. The van der Waals surface area contributed by atoms with Crippen LogP contribution < -0.4 is 5.32 Å². The van der Waals surface area contributed by atoms with E-state index in [0.29, 0.717) is 5.92 Å². The lowest BCUT2D eigenvalue weighted by molar-refractivity contribution is -0.141. The van der Waals surface area contributed by atoms with Crippen LogP contribution in [0.2, 0.25) is 0 Å². The number of nitrogens with zero attached hydrogens (tertiary/aromatic N) is 2. The molecule has 0 bridgehead atoms. The van der Waals surface area contributed by atoms with Crippen molar-refractivity contribution < 1.29 is 23.0 Å². The van der Waals surface area contributed by atoms with E-state index < -0.39 is 24.0 Å². The number of aliphatic hydroxyl groups excluding tert-OH is 1. The summed E-state index contributed by atoms with van der Waals surface area (Å²) in [6.45, 7) is 2.14. The molecule has 23 heavy (non-hydrogen) atoms. The van der Waals surface area contributed by atoms with Gasteiger partial charge in [-0.1, -0.05) is 13.3 Å². The van der Waals surface area contributed by atoms with E-state index in [-0.39, 0.29) is 24.6 Å². The zero-order chi connectivity index (χ0) is 16.6. The van der Waals surface area contributed by atoms with E-state index in [2.05, 4.69) is 15.3 Å². The van der Waals surface area contributed by atoms with Crippen molar-refractivity contribution in [3.63, 3.8) is 0 Å². The maximum atomic E-state index is 12.7. The molecule has 1 aliphatic carbocycles. The van der Waals surface area contributed by atoms with E-state index >= 15 is 0 Å². The molecule has 2 N–H and O–H groups in total. The average molecular weight is 331 g/mol. The van der Waals surface area contributed by atoms with E-state index in [4.69, 9.17) is 4.74 Å². The molecule has 0 radical (unpaired) electrons. The molecular formula is C15H20F3N3O2. The van der Waals surface area contributed by atoms with Gasteiger partial charge in [-0.05, 0) is 24.8 Å². The van der Waals surface area contributed by atoms with Crippen LogP contribution in [-0.2, 0) is 10.9 Å². The minimum absolute atomic E-state index is 0.0132. The molecule has 0 aromatic carbocycles. The molecule has 1 saturated carbocycles. The molecule has 0 unspecified atom stereocenters. The number of hydrogen-bond donors (Lipinski definition) is 2. The standard InChI is InChI=1S/C15H20F3N3O2/c1-8-12(22)10(7-23-13(8)9-3-2-4-9)20-14-19-6-5-11(21-14)15(16,17)18/h5-6,8-10,12-13,22H,2-4,7H2,1H3,(H,19,20,21)/t8-,10+,12+,13+/m1/s1. The third-order valence-electron chi connectivity index (χ3n) is 4.81. The maximum absolute atomic E-state index is 12.7. The number of rotatable bonds is 3. The van der Waals surface area contributed by atoms with E-state index in [1.165, 1.54) is 6.42 Å². The van der Waals surface area contributed by atoms with Crippen molar-refractivity contribution in [2.24, 2.45) is 11.8 Å². The van der Waals surface area contributed by atoms with Gasteiger partial charge in [0.15, 0.2) is 0 Å². The largest absolute Gasteiger partial charge is 0.433 e. The summed E-state index contributed by atoms with van der Waals surface area (Å²) in [6, 6.07) is 0.290. The predicted octanol–water partition coefficient (Wildman–Crippen LogP) is 2.47. The Morgan fingerprint density at radius 1 is 1.35 bits per heavy atom. The summed E-state index contributed by atoms with van der Waals surface area (Å²) in [5.41, 5.74) is -1.01. The molecule has 0 amide bonds. The molecule has 8 heteroatoms. The van der Waals surface area contributed by atoms with Crippen molar-refractivity contribution >= 4 is 5.95 Å². The van der Waals surface area contributed by atoms with Gasteiger partial charge in [0, 0.05) is 12.1 Å². The normalized spacial score (nSPS) is 32.4. The Kier molecular flexibility index (Phi) is 4.46. The van der Waals surface area contributed by atoms with Gasteiger partial charge in [-0.3, -0.25) is 0 Å². The van der Waals surface area contributed by atoms with Crippen molar-refractivity contribution in [1.82, 2.24) is 9.97 Å². The van der Waals surface area contributed by atoms with Gasteiger partial charge in [0.1, 0.15) is 5.69 Å². The molecule has 4 atom stereocenters. The second-order valence-electron chi connectivity index (χ2n) is 6.35. The molecule has 1 aliphatic heterocycles. The summed E-state index contributed by atoms with van der Waals surface area (Å²) in [5, 5.41) is 13.2. The van der Waals surface area contributed by atoms with Gasteiger partial charge in [-0.25, -0.2) is 9.97 Å². The average Bonchev–Trinajstić information content (AvgIpc) is 2.44. The minimum Gasteiger partial charge on any atom is -0.391 e. The second kappa shape index (κ2) is 6.24. The van der Waals surface area contributed by atoms with Gasteiger partial charge in [0.25, 0.3) is 0 Å². The Labute approximate surface area is 132 Å². The third-order valence-corrected chi connectivity index (χ3v) is 4.81. The summed E-state index contributed by atoms with van der Waals surface area (Å²) in [5.74, 6) is 0.240. The number of ether oxygens (including phenoxy) is 1. The lowest BCUT2D eigenvalue weighted by Gasteiger charge is -2.45. The number of aromatic nitrogens is 2. The van der Waals surface area contributed by atoms with Crippen molar-refractivity contribution in [1.29, 1.82) is 0 Å². The fourth-order valence-corrected chi connectivity index (χ4v) is 3.24. The number of hydrogen-bond acceptors (Lipinski definition) is 5. The molecule has 0 spiro atoms. The van der Waals surface area contributed by atoms with Crippen molar-refractivity contribution in [3.8, 4) is 0 Å². The smallest absolute Gasteiger partial charge is 0.391 e. The zero-order valence-electron chi connectivity index (χ0n) is 12.8. The number of alkyl halides is 3. The first-order valence-corrected chi connectivity index (χ1v) is 7.82. The Morgan fingerprint density at radius 2 is 2.09 bits per heavy atom.